The Bertz CT molecular complexity index is 361. The molecule has 1 saturated carbocycles. The lowest BCUT2D eigenvalue weighted by Gasteiger charge is -2.07. The minimum absolute atomic E-state index is 0.783. The number of rotatable bonds is 6. The van der Waals surface area contributed by atoms with Crippen LogP contribution in [0.1, 0.15) is 38.8 Å². The smallest absolute Gasteiger partial charge is 0.0950 e. The molecule has 1 N–H and O–H groups in total. The van der Waals surface area contributed by atoms with E-state index in [1.54, 1.807) is 0 Å². The van der Waals surface area contributed by atoms with E-state index < -0.39 is 0 Å². The summed E-state index contributed by atoms with van der Waals surface area (Å²) in [6, 6.07) is 0.783. The fraction of sp³-hybridized carbons (Fsp3) is 0.615. The van der Waals surface area contributed by atoms with Crippen LogP contribution in [0.3, 0.4) is 0 Å². The van der Waals surface area contributed by atoms with Crippen LogP contribution in [0.5, 0.6) is 0 Å². The zero-order valence-electron chi connectivity index (χ0n) is 10.2. The average Bonchev–Trinajstić information content (AvgIpc) is 3.03. The fourth-order valence-corrected chi connectivity index (χ4v) is 1.77. The second kappa shape index (κ2) is 5.30. The normalized spacial score (nSPS) is 16.8. The Morgan fingerprint density at radius 3 is 3.00 bits per heavy atom. The highest BCUT2D eigenvalue weighted by Gasteiger charge is 2.20. The van der Waals surface area contributed by atoms with E-state index in [1.807, 2.05) is 12.5 Å². The van der Waals surface area contributed by atoms with Crippen LogP contribution in [0, 0.1) is 0 Å². The molecule has 0 amide bonds. The van der Waals surface area contributed by atoms with Crippen LogP contribution < -0.4 is 5.32 Å². The molecular weight excluding hydrogens is 198 g/mol. The molecule has 0 spiro atoms. The number of imidazole rings is 1. The van der Waals surface area contributed by atoms with Gasteiger partial charge in [0, 0.05) is 19.1 Å². The van der Waals surface area contributed by atoms with Crippen molar-refractivity contribution in [2.45, 2.75) is 45.7 Å². The second-order valence-electron chi connectivity index (χ2n) is 4.42. The van der Waals surface area contributed by atoms with Crippen molar-refractivity contribution >= 4 is 6.08 Å². The minimum Gasteiger partial charge on any atom is -0.331 e. The van der Waals surface area contributed by atoms with Crippen LogP contribution in [-0.4, -0.2) is 22.1 Å². The highest BCUT2D eigenvalue weighted by molar-refractivity contribution is 5.49. The van der Waals surface area contributed by atoms with Crippen molar-refractivity contribution in [3.63, 3.8) is 0 Å². The summed E-state index contributed by atoms with van der Waals surface area (Å²) in [6.07, 6.45) is 9.91. The molecule has 1 aliphatic rings. The van der Waals surface area contributed by atoms with Gasteiger partial charge in [-0.15, -0.1) is 0 Å². The van der Waals surface area contributed by atoms with E-state index in [4.69, 9.17) is 0 Å². The van der Waals surface area contributed by atoms with Gasteiger partial charge < -0.3 is 9.88 Å². The monoisotopic (exact) mass is 219 g/mol. The standard InChI is InChI=1S/C13H21N3/c1-3-11(8-15-12-5-6-12)7-13-9-14-10-16(13)4-2/h7,9-10,12,15H,3-6,8H2,1-2H3. The molecule has 0 radical (unpaired) electrons. The van der Waals surface area contributed by atoms with Gasteiger partial charge in [0.1, 0.15) is 0 Å². The highest BCUT2D eigenvalue weighted by atomic mass is 15.0. The van der Waals surface area contributed by atoms with E-state index in [-0.39, 0.29) is 0 Å². The zero-order chi connectivity index (χ0) is 11.4. The van der Waals surface area contributed by atoms with Crippen LogP contribution in [-0.2, 0) is 6.54 Å². The predicted molar refractivity (Wildman–Crippen MR) is 67.2 cm³/mol. The van der Waals surface area contributed by atoms with E-state index in [2.05, 4.69) is 34.8 Å². The number of aryl methyl sites for hydroxylation is 1. The van der Waals surface area contributed by atoms with Gasteiger partial charge in [0.2, 0.25) is 0 Å². The number of hydrogen-bond donors (Lipinski definition) is 1. The summed E-state index contributed by atoms with van der Waals surface area (Å²) in [7, 11) is 0. The predicted octanol–water partition coefficient (Wildman–Crippen LogP) is 2.45. The summed E-state index contributed by atoms with van der Waals surface area (Å²) in [5.41, 5.74) is 2.68. The Hall–Kier alpha value is -1.09. The van der Waals surface area contributed by atoms with Crippen molar-refractivity contribution in [1.82, 2.24) is 14.9 Å². The maximum atomic E-state index is 4.19. The molecule has 3 heteroatoms. The van der Waals surface area contributed by atoms with Crippen molar-refractivity contribution in [3.8, 4) is 0 Å². The van der Waals surface area contributed by atoms with E-state index in [0.717, 1.165) is 25.6 Å². The van der Waals surface area contributed by atoms with Crippen molar-refractivity contribution in [1.29, 1.82) is 0 Å². The maximum Gasteiger partial charge on any atom is 0.0950 e. The first-order valence-corrected chi connectivity index (χ1v) is 6.26. The van der Waals surface area contributed by atoms with Crippen molar-refractivity contribution in [3.05, 3.63) is 23.8 Å². The molecule has 3 nitrogen and oxygen atoms in total. The Morgan fingerprint density at radius 2 is 2.38 bits per heavy atom. The molecule has 2 rings (SSSR count). The largest absolute Gasteiger partial charge is 0.331 e. The number of aromatic nitrogens is 2. The molecule has 16 heavy (non-hydrogen) atoms. The van der Waals surface area contributed by atoms with Gasteiger partial charge in [-0.2, -0.15) is 0 Å². The van der Waals surface area contributed by atoms with Gasteiger partial charge in [-0.25, -0.2) is 4.98 Å². The first-order chi connectivity index (χ1) is 7.83. The van der Waals surface area contributed by atoms with Gasteiger partial charge in [-0.05, 0) is 32.3 Å². The van der Waals surface area contributed by atoms with Gasteiger partial charge in [-0.3, -0.25) is 0 Å². The second-order valence-corrected chi connectivity index (χ2v) is 4.42. The number of nitrogens with one attached hydrogen (secondary N) is 1. The number of hydrogen-bond acceptors (Lipinski definition) is 2. The topological polar surface area (TPSA) is 29.9 Å². The first-order valence-electron chi connectivity index (χ1n) is 6.26. The molecule has 0 atom stereocenters. The van der Waals surface area contributed by atoms with E-state index in [0.29, 0.717) is 0 Å². The molecule has 1 aromatic heterocycles. The Kier molecular flexibility index (Phi) is 3.78. The Balaban J connectivity index is 2.00. The molecule has 88 valence electrons. The fourth-order valence-electron chi connectivity index (χ4n) is 1.77. The summed E-state index contributed by atoms with van der Waals surface area (Å²) in [6.45, 7) is 6.37. The van der Waals surface area contributed by atoms with Crippen molar-refractivity contribution < 1.29 is 0 Å². The summed E-state index contributed by atoms with van der Waals surface area (Å²) >= 11 is 0. The van der Waals surface area contributed by atoms with Crippen LogP contribution in [0.25, 0.3) is 6.08 Å². The van der Waals surface area contributed by atoms with E-state index in [9.17, 15) is 0 Å². The van der Waals surface area contributed by atoms with Crippen LogP contribution in [0.2, 0.25) is 0 Å². The maximum absolute atomic E-state index is 4.19. The summed E-state index contributed by atoms with van der Waals surface area (Å²) < 4.78 is 2.17. The summed E-state index contributed by atoms with van der Waals surface area (Å²) in [5, 5.41) is 3.56. The quantitative estimate of drug-likeness (QED) is 0.796. The van der Waals surface area contributed by atoms with Crippen LogP contribution in [0.4, 0.5) is 0 Å². The van der Waals surface area contributed by atoms with E-state index >= 15 is 0 Å². The third-order valence-electron chi connectivity index (χ3n) is 3.09. The molecular formula is C13H21N3. The third-order valence-corrected chi connectivity index (χ3v) is 3.09. The molecule has 0 aliphatic heterocycles. The highest BCUT2D eigenvalue weighted by Crippen LogP contribution is 2.19. The lowest BCUT2D eigenvalue weighted by molar-refractivity contribution is 0.720. The number of nitrogens with zero attached hydrogens (tertiary/aromatic N) is 2. The van der Waals surface area contributed by atoms with Crippen molar-refractivity contribution in [2.24, 2.45) is 0 Å². The minimum atomic E-state index is 0.783. The Morgan fingerprint density at radius 1 is 1.56 bits per heavy atom. The van der Waals surface area contributed by atoms with E-state index in [1.165, 1.54) is 24.1 Å². The summed E-state index contributed by atoms with van der Waals surface area (Å²) in [4.78, 5) is 4.19. The van der Waals surface area contributed by atoms with Gasteiger partial charge in [0.15, 0.2) is 0 Å². The molecule has 1 aliphatic carbocycles. The van der Waals surface area contributed by atoms with Crippen LogP contribution >= 0.6 is 0 Å². The molecule has 1 heterocycles. The van der Waals surface area contributed by atoms with Gasteiger partial charge in [0.25, 0.3) is 0 Å². The molecule has 0 bridgehead atoms. The lowest BCUT2D eigenvalue weighted by Crippen LogP contribution is -2.19. The zero-order valence-corrected chi connectivity index (χ0v) is 10.2. The molecule has 1 fully saturated rings. The lowest BCUT2D eigenvalue weighted by atomic mass is 10.1. The van der Waals surface area contributed by atoms with Gasteiger partial charge in [0.05, 0.1) is 18.2 Å². The van der Waals surface area contributed by atoms with Crippen LogP contribution in [0.15, 0.2) is 18.1 Å². The first kappa shape index (κ1) is 11.4. The molecule has 0 unspecified atom stereocenters. The molecule has 0 saturated heterocycles. The van der Waals surface area contributed by atoms with Gasteiger partial charge in [-0.1, -0.05) is 12.5 Å². The SMILES string of the molecule is CCC(=Cc1cncn1CC)CNC1CC1. The third kappa shape index (κ3) is 2.95. The summed E-state index contributed by atoms with van der Waals surface area (Å²) in [5.74, 6) is 0. The van der Waals surface area contributed by atoms with Crippen molar-refractivity contribution in [2.75, 3.05) is 6.54 Å². The molecule has 1 aromatic rings. The van der Waals surface area contributed by atoms with Gasteiger partial charge >= 0.3 is 0 Å². The molecule has 0 aromatic carbocycles. The Labute approximate surface area is 97.6 Å². The average molecular weight is 219 g/mol.